The maximum absolute atomic E-state index is 2.69. The Morgan fingerprint density at radius 1 is 0.683 bits per heavy atom. The van der Waals surface area contributed by atoms with Gasteiger partial charge in [-0.3, -0.25) is 0 Å². The smallest absolute Gasteiger partial charge is 1.00 e. The summed E-state index contributed by atoms with van der Waals surface area (Å²) in [6.07, 6.45) is 9.48. The van der Waals surface area contributed by atoms with Gasteiger partial charge in [-0.15, -0.1) is 0 Å². The van der Waals surface area contributed by atoms with Crippen LogP contribution in [-0.2, 0) is 37.0 Å². The van der Waals surface area contributed by atoms with Crippen LogP contribution in [0.4, 0.5) is 0 Å². The third-order valence-corrected chi connectivity index (χ3v) is 10.9. The van der Waals surface area contributed by atoms with Crippen LogP contribution in [0.15, 0.2) is 59.2 Å². The van der Waals surface area contributed by atoms with E-state index in [1.807, 2.05) is 5.57 Å². The van der Waals surface area contributed by atoms with Crippen molar-refractivity contribution in [1.82, 2.24) is 0 Å². The van der Waals surface area contributed by atoms with Crippen LogP contribution in [0.25, 0.3) is 11.1 Å². The first-order chi connectivity index (χ1) is 17.6. The molecule has 0 aliphatic heterocycles. The Labute approximate surface area is 282 Å². The van der Waals surface area contributed by atoms with Gasteiger partial charge in [0.2, 0.25) is 0 Å². The van der Waals surface area contributed by atoms with Crippen molar-refractivity contribution in [3.05, 3.63) is 81.4 Å². The molecule has 2 aromatic rings. The van der Waals surface area contributed by atoms with Gasteiger partial charge in [0.1, 0.15) is 0 Å². The molecule has 0 saturated heterocycles. The number of halogens is 2. The van der Waals surface area contributed by atoms with Gasteiger partial charge >= 0.3 is 26.2 Å². The second-order valence-electron chi connectivity index (χ2n) is 16.4. The molecule has 1 saturated carbocycles. The van der Waals surface area contributed by atoms with Crippen LogP contribution in [0.3, 0.4) is 0 Å². The van der Waals surface area contributed by atoms with E-state index >= 15 is 0 Å². The van der Waals surface area contributed by atoms with E-state index in [1.165, 1.54) is 54.4 Å². The normalized spacial score (nSPS) is 25.3. The Bertz CT molecular complexity index is 1310. The Morgan fingerprint density at radius 3 is 1.63 bits per heavy atom. The molecule has 4 aliphatic carbocycles. The molecular weight excluding hydrogens is 619 g/mol. The molecule has 0 radical (unpaired) electrons. The predicted octanol–water partition coefficient (Wildman–Crippen LogP) is 4.90. The van der Waals surface area contributed by atoms with Crippen LogP contribution in [0, 0.1) is 22.7 Å². The van der Waals surface area contributed by atoms with E-state index in [4.69, 9.17) is 0 Å². The van der Waals surface area contributed by atoms with Crippen LogP contribution in [0.5, 0.6) is 0 Å². The van der Waals surface area contributed by atoms with Crippen molar-refractivity contribution in [1.29, 1.82) is 0 Å². The maximum Gasteiger partial charge on any atom is 2.00 e. The number of benzene rings is 2. The van der Waals surface area contributed by atoms with Crippen LogP contribution >= 0.6 is 0 Å². The summed E-state index contributed by atoms with van der Waals surface area (Å²) >= 11 is 0. The SMILES string of the molecule is CC(C)(C)C1=CC2=C(C1)C1CCCCC1C2(C)C1c2ccc(C(C)(C)C)cc2-c2cc(C(C)(C)C)ccc21.[Cl-].[Cl-].[Zr+2]. The number of allylic oxidation sites excluding steroid dienone is 4. The Hall–Kier alpha value is -0.617. The van der Waals surface area contributed by atoms with E-state index in [0.717, 1.165) is 11.8 Å². The first-order valence-electron chi connectivity index (χ1n) is 15.4. The molecule has 4 aliphatic rings. The van der Waals surface area contributed by atoms with Gasteiger partial charge in [0, 0.05) is 11.3 Å². The summed E-state index contributed by atoms with van der Waals surface area (Å²) in [6, 6.07) is 15.1. The minimum Gasteiger partial charge on any atom is -1.00 e. The first kappa shape index (κ1) is 34.9. The standard InChI is InChI=1S/C38H50.2ClH.Zr/c1-35(2,3)23-15-17-27-29(19-23)30-20-24(36(4,5)6)16-18-28(30)34(27)38(10)32-14-12-11-13-26(32)31-21-25(22-33(31)38)37(7,8)9;;;/h15-20,22,26,32,34H,11-14,21H2,1-10H3;2*1H;/q;;;+2/p-2. The van der Waals surface area contributed by atoms with Crippen molar-refractivity contribution in [3.8, 4) is 11.1 Å². The average Bonchev–Trinajstić information content (AvgIpc) is 3.48. The monoisotopic (exact) mass is 666 g/mol. The van der Waals surface area contributed by atoms with E-state index in [9.17, 15) is 0 Å². The van der Waals surface area contributed by atoms with E-state index in [2.05, 4.69) is 112 Å². The van der Waals surface area contributed by atoms with E-state index in [1.54, 1.807) is 22.3 Å². The molecule has 0 spiro atoms. The van der Waals surface area contributed by atoms with Gasteiger partial charge in [0.15, 0.2) is 0 Å². The van der Waals surface area contributed by atoms with Crippen LogP contribution < -0.4 is 24.8 Å². The van der Waals surface area contributed by atoms with E-state index < -0.39 is 0 Å². The van der Waals surface area contributed by atoms with Gasteiger partial charge in [-0.25, -0.2) is 0 Å². The molecule has 3 heteroatoms. The number of hydrogen-bond acceptors (Lipinski definition) is 0. The third-order valence-electron chi connectivity index (χ3n) is 10.9. The molecule has 3 atom stereocenters. The van der Waals surface area contributed by atoms with Gasteiger partial charge in [-0.2, -0.15) is 0 Å². The summed E-state index contributed by atoms with van der Waals surface area (Å²) < 4.78 is 0. The van der Waals surface area contributed by atoms with Crippen LogP contribution in [0.1, 0.15) is 130 Å². The molecule has 1 fully saturated rings. The van der Waals surface area contributed by atoms with E-state index in [0.29, 0.717) is 5.92 Å². The van der Waals surface area contributed by atoms with Crippen molar-refractivity contribution in [2.75, 3.05) is 0 Å². The maximum atomic E-state index is 2.69. The van der Waals surface area contributed by atoms with Gasteiger partial charge in [-0.1, -0.05) is 136 Å². The summed E-state index contributed by atoms with van der Waals surface area (Å²) in [6.45, 7) is 24.1. The molecule has 3 unspecified atom stereocenters. The summed E-state index contributed by atoms with van der Waals surface area (Å²) in [5.41, 5.74) is 14.9. The summed E-state index contributed by atoms with van der Waals surface area (Å²) in [4.78, 5) is 0. The first-order valence-corrected chi connectivity index (χ1v) is 15.4. The summed E-state index contributed by atoms with van der Waals surface area (Å²) in [5.74, 6) is 1.96. The molecule has 0 N–H and O–H groups in total. The zero-order valence-electron chi connectivity index (χ0n) is 27.1. The molecular formula is C38H50Cl2Zr. The minimum atomic E-state index is 0. The molecule has 2 aromatic carbocycles. The Kier molecular flexibility index (Phi) is 9.68. The van der Waals surface area contributed by atoms with Gasteiger partial charge < -0.3 is 24.8 Å². The minimum absolute atomic E-state index is 0. The molecule has 6 rings (SSSR count). The third kappa shape index (κ3) is 5.46. The van der Waals surface area contributed by atoms with Crippen molar-refractivity contribution >= 4 is 0 Å². The zero-order valence-corrected chi connectivity index (χ0v) is 31.0. The van der Waals surface area contributed by atoms with Crippen LogP contribution in [0.2, 0.25) is 0 Å². The number of hydrogen-bond donors (Lipinski definition) is 0. The van der Waals surface area contributed by atoms with Crippen LogP contribution in [-0.4, -0.2) is 0 Å². The van der Waals surface area contributed by atoms with Gasteiger partial charge in [0.05, 0.1) is 0 Å². The number of fused-ring (bicyclic) bond motifs is 5. The molecule has 0 aromatic heterocycles. The second-order valence-corrected chi connectivity index (χ2v) is 16.4. The predicted molar refractivity (Wildman–Crippen MR) is 164 cm³/mol. The fourth-order valence-corrected chi connectivity index (χ4v) is 8.60. The topological polar surface area (TPSA) is 0 Å². The average molecular weight is 669 g/mol. The second kappa shape index (κ2) is 11.4. The molecule has 41 heavy (non-hydrogen) atoms. The van der Waals surface area contributed by atoms with E-state index in [-0.39, 0.29) is 72.7 Å². The van der Waals surface area contributed by atoms with Gasteiger partial charge in [-0.05, 0) is 86.3 Å². The molecule has 0 heterocycles. The molecule has 0 amide bonds. The van der Waals surface area contributed by atoms with Crippen molar-refractivity contribution < 1.29 is 51.0 Å². The number of rotatable bonds is 1. The fraction of sp³-hybridized carbons (Fsp3) is 0.579. The van der Waals surface area contributed by atoms with Crippen molar-refractivity contribution in [3.63, 3.8) is 0 Å². The molecule has 220 valence electrons. The Morgan fingerprint density at radius 2 is 1.17 bits per heavy atom. The zero-order chi connectivity index (χ0) is 27.4. The van der Waals surface area contributed by atoms with Crippen molar-refractivity contribution in [2.45, 2.75) is 118 Å². The van der Waals surface area contributed by atoms with Crippen molar-refractivity contribution in [2.24, 2.45) is 22.7 Å². The summed E-state index contributed by atoms with van der Waals surface area (Å²) in [5, 5.41) is 0. The summed E-state index contributed by atoms with van der Waals surface area (Å²) in [7, 11) is 0. The largest absolute Gasteiger partial charge is 2.00 e. The fourth-order valence-electron chi connectivity index (χ4n) is 8.60. The van der Waals surface area contributed by atoms with Gasteiger partial charge in [0.25, 0.3) is 0 Å². The molecule has 0 nitrogen and oxygen atoms in total. The molecule has 0 bridgehead atoms. The quantitative estimate of drug-likeness (QED) is 0.406. The Balaban J connectivity index is 0.00000154.